The molecule has 0 amide bonds. The second-order valence-corrected chi connectivity index (χ2v) is 7.82. The van der Waals surface area contributed by atoms with Gasteiger partial charge in [-0.1, -0.05) is 35.5 Å². The topological polar surface area (TPSA) is 79.4 Å². The minimum atomic E-state index is -0.110. The van der Waals surface area contributed by atoms with Crippen LogP contribution in [0.2, 0.25) is 0 Å². The number of benzene rings is 3. The second kappa shape index (κ2) is 8.86. The summed E-state index contributed by atoms with van der Waals surface area (Å²) in [4.78, 5) is 17.9. The van der Waals surface area contributed by atoms with Crippen LogP contribution in [-0.4, -0.2) is 28.4 Å². The van der Waals surface area contributed by atoms with Crippen LogP contribution in [0.5, 0.6) is 11.5 Å². The summed E-state index contributed by atoms with van der Waals surface area (Å²) in [6.07, 6.45) is 1.76. The van der Waals surface area contributed by atoms with E-state index in [0.29, 0.717) is 40.8 Å². The molecule has 170 valence electrons. The Labute approximate surface area is 196 Å². The minimum Gasteiger partial charge on any atom is -0.493 e. The first-order valence-corrected chi connectivity index (χ1v) is 11.0. The summed E-state index contributed by atoms with van der Waals surface area (Å²) in [5.74, 6) is 1.96. The van der Waals surface area contributed by atoms with Gasteiger partial charge in [-0.3, -0.25) is 9.36 Å². The standard InChI is InChI=1S/C27H23N3O4/c1-4-33-23-13-12-18(15-24(23)32-3)25-28-26(34-29-25)22-16-30(19-9-7-8-17(2)14-19)27(31)21-11-6-5-10-20(21)22/h5-16H,4H2,1-3H3. The molecule has 0 N–H and O–H groups in total. The molecule has 5 rings (SSSR count). The van der Waals surface area contributed by atoms with Gasteiger partial charge in [0.05, 0.1) is 19.3 Å². The van der Waals surface area contributed by atoms with E-state index < -0.39 is 0 Å². The quantitative estimate of drug-likeness (QED) is 0.341. The van der Waals surface area contributed by atoms with Crippen molar-refractivity contribution in [1.82, 2.24) is 14.7 Å². The Bertz CT molecular complexity index is 1550. The number of ether oxygens (including phenoxy) is 2. The van der Waals surface area contributed by atoms with Crippen molar-refractivity contribution in [3.8, 4) is 40.0 Å². The number of fused-ring (bicyclic) bond motifs is 1. The third-order valence-corrected chi connectivity index (χ3v) is 5.58. The number of methoxy groups -OCH3 is 1. The summed E-state index contributed by atoms with van der Waals surface area (Å²) in [7, 11) is 1.59. The normalized spacial score (nSPS) is 11.0. The molecule has 3 aromatic carbocycles. The van der Waals surface area contributed by atoms with Crippen molar-refractivity contribution in [3.63, 3.8) is 0 Å². The molecular weight excluding hydrogens is 430 g/mol. The van der Waals surface area contributed by atoms with Gasteiger partial charge in [-0.05, 0) is 55.8 Å². The summed E-state index contributed by atoms with van der Waals surface area (Å²) in [5, 5.41) is 5.51. The van der Waals surface area contributed by atoms with E-state index in [1.807, 2.05) is 80.6 Å². The minimum absolute atomic E-state index is 0.110. The van der Waals surface area contributed by atoms with Crippen molar-refractivity contribution in [2.75, 3.05) is 13.7 Å². The van der Waals surface area contributed by atoms with Crippen molar-refractivity contribution in [2.45, 2.75) is 13.8 Å². The second-order valence-electron chi connectivity index (χ2n) is 7.82. The maximum atomic E-state index is 13.3. The summed E-state index contributed by atoms with van der Waals surface area (Å²) in [6.45, 7) is 4.44. The highest BCUT2D eigenvalue weighted by Crippen LogP contribution is 2.33. The Morgan fingerprint density at radius 3 is 2.56 bits per heavy atom. The Morgan fingerprint density at radius 1 is 0.971 bits per heavy atom. The average molecular weight is 453 g/mol. The molecule has 0 saturated carbocycles. The first kappa shape index (κ1) is 21.5. The fourth-order valence-corrected chi connectivity index (χ4v) is 3.96. The SMILES string of the molecule is CCOc1ccc(-c2noc(-c3cn(-c4cccc(C)c4)c(=O)c4ccccc34)n2)cc1OC. The summed E-state index contributed by atoms with van der Waals surface area (Å²) < 4.78 is 18.3. The monoisotopic (exact) mass is 453 g/mol. The number of aromatic nitrogens is 3. The van der Waals surface area contributed by atoms with E-state index in [-0.39, 0.29) is 5.56 Å². The zero-order valence-corrected chi connectivity index (χ0v) is 19.1. The molecule has 34 heavy (non-hydrogen) atoms. The van der Waals surface area contributed by atoms with Gasteiger partial charge >= 0.3 is 0 Å². The van der Waals surface area contributed by atoms with Gasteiger partial charge in [0.25, 0.3) is 11.4 Å². The van der Waals surface area contributed by atoms with Crippen LogP contribution in [0.15, 0.2) is 82.2 Å². The number of hydrogen-bond donors (Lipinski definition) is 0. The maximum absolute atomic E-state index is 13.3. The highest BCUT2D eigenvalue weighted by molar-refractivity contribution is 5.94. The van der Waals surface area contributed by atoms with Crippen LogP contribution in [0.1, 0.15) is 12.5 Å². The fourth-order valence-electron chi connectivity index (χ4n) is 3.96. The van der Waals surface area contributed by atoms with Crippen LogP contribution in [0, 0.1) is 6.92 Å². The van der Waals surface area contributed by atoms with E-state index in [1.54, 1.807) is 17.9 Å². The number of hydrogen-bond acceptors (Lipinski definition) is 6. The Balaban J connectivity index is 1.65. The lowest BCUT2D eigenvalue weighted by atomic mass is 10.1. The van der Waals surface area contributed by atoms with Crippen LogP contribution in [-0.2, 0) is 0 Å². The van der Waals surface area contributed by atoms with Gasteiger partial charge in [0.1, 0.15) is 0 Å². The molecule has 0 atom stereocenters. The smallest absolute Gasteiger partial charge is 0.262 e. The third kappa shape index (κ3) is 3.81. The van der Waals surface area contributed by atoms with Crippen LogP contribution in [0.4, 0.5) is 0 Å². The van der Waals surface area contributed by atoms with Gasteiger partial charge in [0.2, 0.25) is 5.82 Å². The molecule has 7 heteroatoms. The highest BCUT2D eigenvalue weighted by atomic mass is 16.5. The summed E-state index contributed by atoms with van der Waals surface area (Å²) in [5.41, 5.74) is 3.12. The first-order valence-electron chi connectivity index (χ1n) is 11.0. The molecule has 0 aliphatic carbocycles. The van der Waals surface area contributed by atoms with Gasteiger partial charge in [-0.15, -0.1) is 0 Å². The lowest BCUT2D eigenvalue weighted by Crippen LogP contribution is -2.18. The average Bonchev–Trinajstić information content (AvgIpc) is 3.35. The van der Waals surface area contributed by atoms with Gasteiger partial charge < -0.3 is 14.0 Å². The molecule has 0 saturated heterocycles. The van der Waals surface area contributed by atoms with Gasteiger partial charge in [0.15, 0.2) is 11.5 Å². The Kier molecular flexibility index (Phi) is 5.59. The lowest BCUT2D eigenvalue weighted by Gasteiger charge is -2.11. The Morgan fingerprint density at radius 2 is 1.79 bits per heavy atom. The van der Waals surface area contributed by atoms with E-state index in [9.17, 15) is 4.79 Å². The van der Waals surface area contributed by atoms with Gasteiger partial charge in [0, 0.05) is 28.2 Å². The van der Waals surface area contributed by atoms with E-state index in [0.717, 1.165) is 22.2 Å². The molecule has 0 unspecified atom stereocenters. The van der Waals surface area contributed by atoms with Crippen LogP contribution in [0.25, 0.3) is 39.3 Å². The number of nitrogens with zero attached hydrogens (tertiary/aromatic N) is 3. The molecule has 5 aromatic rings. The molecule has 0 fully saturated rings. The molecule has 2 heterocycles. The van der Waals surface area contributed by atoms with Crippen molar-refractivity contribution in [2.24, 2.45) is 0 Å². The van der Waals surface area contributed by atoms with Crippen molar-refractivity contribution in [1.29, 1.82) is 0 Å². The van der Waals surface area contributed by atoms with E-state index in [1.165, 1.54) is 0 Å². The van der Waals surface area contributed by atoms with Gasteiger partial charge in [-0.2, -0.15) is 4.98 Å². The zero-order valence-electron chi connectivity index (χ0n) is 19.1. The molecule has 2 aromatic heterocycles. The Hall–Kier alpha value is -4.39. The van der Waals surface area contributed by atoms with Crippen molar-refractivity contribution < 1.29 is 14.0 Å². The van der Waals surface area contributed by atoms with E-state index in [2.05, 4.69) is 10.1 Å². The predicted octanol–water partition coefficient (Wildman–Crippen LogP) is 5.42. The molecule has 7 nitrogen and oxygen atoms in total. The molecule has 0 bridgehead atoms. The first-order chi connectivity index (χ1) is 16.6. The lowest BCUT2D eigenvalue weighted by molar-refractivity contribution is 0.311. The number of rotatable bonds is 6. The fraction of sp³-hybridized carbons (Fsp3) is 0.148. The molecule has 0 radical (unpaired) electrons. The van der Waals surface area contributed by atoms with E-state index in [4.69, 9.17) is 14.0 Å². The van der Waals surface area contributed by atoms with Crippen LogP contribution < -0.4 is 15.0 Å². The number of aryl methyl sites for hydroxylation is 1. The predicted molar refractivity (Wildman–Crippen MR) is 131 cm³/mol. The van der Waals surface area contributed by atoms with Gasteiger partial charge in [-0.25, -0.2) is 0 Å². The van der Waals surface area contributed by atoms with Crippen molar-refractivity contribution in [3.05, 3.63) is 88.8 Å². The number of pyridine rings is 1. The maximum Gasteiger partial charge on any atom is 0.262 e. The summed E-state index contributed by atoms with van der Waals surface area (Å²) >= 11 is 0. The van der Waals surface area contributed by atoms with Crippen LogP contribution >= 0.6 is 0 Å². The molecule has 0 aliphatic heterocycles. The molecular formula is C27H23N3O4. The van der Waals surface area contributed by atoms with E-state index >= 15 is 0 Å². The summed E-state index contributed by atoms with van der Waals surface area (Å²) in [6, 6.07) is 20.7. The van der Waals surface area contributed by atoms with Crippen LogP contribution in [0.3, 0.4) is 0 Å². The molecule has 0 spiro atoms. The molecule has 0 aliphatic rings. The largest absolute Gasteiger partial charge is 0.493 e. The third-order valence-electron chi connectivity index (χ3n) is 5.58. The zero-order chi connectivity index (χ0) is 23.7. The highest BCUT2D eigenvalue weighted by Gasteiger charge is 2.18. The van der Waals surface area contributed by atoms with Crippen molar-refractivity contribution >= 4 is 10.8 Å².